The fraction of sp³-hybridized carbons (Fsp3) is 0.692. The minimum atomic E-state index is -0.362. The third kappa shape index (κ3) is 3.53. The van der Waals surface area contributed by atoms with Crippen molar-refractivity contribution in [2.75, 3.05) is 13.1 Å². The van der Waals surface area contributed by atoms with E-state index in [9.17, 15) is 4.79 Å². The maximum absolute atomic E-state index is 12.0. The molecule has 1 atom stereocenters. The average molecular weight is 267 g/mol. The quantitative estimate of drug-likeness (QED) is 0.856. The monoisotopic (exact) mass is 267 g/mol. The van der Waals surface area contributed by atoms with Crippen molar-refractivity contribution in [3.05, 3.63) is 16.6 Å². The number of carbonyl (C=O) groups is 1. The normalized spacial score (nSPS) is 20.0. The topological polar surface area (TPSA) is 54.0 Å². The van der Waals surface area contributed by atoms with Gasteiger partial charge >= 0.3 is 0 Å². The second-order valence-electron chi connectivity index (χ2n) is 5.41. The number of aromatic nitrogens is 1. The van der Waals surface area contributed by atoms with E-state index in [1.54, 1.807) is 17.5 Å². The SMILES string of the molecule is CC(C)(NC(=O)CCC1CCNC1)c1nccs1. The van der Waals surface area contributed by atoms with E-state index in [4.69, 9.17) is 0 Å². The number of rotatable bonds is 5. The van der Waals surface area contributed by atoms with Crippen LogP contribution in [0.25, 0.3) is 0 Å². The standard InChI is InChI=1S/C13H21N3OS/c1-13(2,12-15-7-8-18-12)16-11(17)4-3-10-5-6-14-9-10/h7-8,10,14H,3-6,9H2,1-2H3,(H,16,17). The molecule has 1 amide bonds. The Morgan fingerprint density at radius 1 is 1.67 bits per heavy atom. The van der Waals surface area contributed by atoms with Crippen molar-refractivity contribution in [1.29, 1.82) is 0 Å². The molecule has 2 heterocycles. The number of thiazole rings is 1. The highest BCUT2D eigenvalue weighted by Gasteiger charge is 2.25. The molecule has 1 aliphatic heterocycles. The zero-order chi connectivity index (χ0) is 13.0. The molecule has 1 aromatic rings. The van der Waals surface area contributed by atoms with Gasteiger partial charge in [0.2, 0.25) is 5.91 Å². The van der Waals surface area contributed by atoms with Crippen molar-refractivity contribution >= 4 is 17.2 Å². The number of hydrogen-bond acceptors (Lipinski definition) is 4. The molecule has 100 valence electrons. The molecule has 0 aromatic carbocycles. The Balaban J connectivity index is 1.79. The summed E-state index contributed by atoms with van der Waals surface area (Å²) in [4.78, 5) is 16.2. The number of nitrogens with zero attached hydrogens (tertiary/aromatic N) is 1. The molecule has 1 saturated heterocycles. The van der Waals surface area contributed by atoms with E-state index in [1.807, 2.05) is 19.2 Å². The van der Waals surface area contributed by atoms with Gasteiger partial charge in [-0.1, -0.05) is 0 Å². The van der Waals surface area contributed by atoms with Gasteiger partial charge in [0.25, 0.3) is 0 Å². The van der Waals surface area contributed by atoms with Crippen LogP contribution in [0.1, 0.15) is 38.1 Å². The summed E-state index contributed by atoms with van der Waals surface area (Å²) in [6.07, 6.45) is 4.56. The zero-order valence-electron chi connectivity index (χ0n) is 11.0. The van der Waals surface area contributed by atoms with Crippen molar-refractivity contribution in [3.8, 4) is 0 Å². The molecule has 18 heavy (non-hydrogen) atoms. The van der Waals surface area contributed by atoms with Gasteiger partial charge in [0.15, 0.2) is 0 Å². The molecule has 2 N–H and O–H groups in total. The minimum Gasteiger partial charge on any atom is -0.345 e. The summed E-state index contributed by atoms with van der Waals surface area (Å²) in [7, 11) is 0. The largest absolute Gasteiger partial charge is 0.345 e. The zero-order valence-corrected chi connectivity index (χ0v) is 11.8. The van der Waals surface area contributed by atoms with E-state index in [1.165, 1.54) is 6.42 Å². The van der Waals surface area contributed by atoms with E-state index < -0.39 is 0 Å². The van der Waals surface area contributed by atoms with Crippen molar-refractivity contribution in [2.24, 2.45) is 5.92 Å². The van der Waals surface area contributed by atoms with Gasteiger partial charge in [-0.05, 0) is 45.7 Å². The van der Waals surface area contributed by atoms with Crippen molar-refractivity contribution in [2.45, 2.75) is 38.6 Å². The van der Waals surface area contributed by atoms with Gasteiger partial charge in [-0.15, -0.1) is 11.3 Å². The third-order valence-electron chi connectivity index (χ3n) is 3.36. The predicted molar refractivity (Wildman–Crippen MR) is 73.5 cm³/mol. The van der Waals surface area contributed by atoms with Gasteiger partial charge in [0.05, 0.1) is 5.54 Å². The van der Waals surface area contributed by atoms with Gasteiger partial charge in [0, 0.05) is 18.0 Å². The van der Waals surface area contributed by atoms with Gasteiger partial charge in [-0.25, -0.2) is 4.98 Å². The highest BCUT2D eigenvalue weighted by atomic mass is 32.1. The van der Waals surface area contributed by atoms with Gasteiger partial charge in [-0.2, -0.15) is 0 Å². The first-order chi connectivity index (χ1) is 8.58. The average Bonchev–Trinajstić information content (AvgIpc) is 2.99. The fourth-order valence-electron chi connectivity index (χ4n) is 2.29. The third-order valence-corrected chi connectivity index (χ3v) is 4.46. The molecule has 0 spiro atoms. The predicted octanol–water partition coefficient (Wildman–Crippen LogP) is 1.88. The van der Waals surface area contributed by atoms with E-state index in [0.717, 1.165) is 24.5 Å². The first kappa shape index (κ1) is 13.5. The maximum Gasteiger partial charge on any atom is 0.220 e. The Hall–Kier alpha value is -0.940. The molecule has 1 aromatic heterocycles. The second kappa shape index (κ2) is 5.80. The second-order valence-corrected chi connectivity index (χ2v) is 6.30. The van der Waals surface area contributed by atoms with Crippen LogP contribution in [0.5, 0.6) is 0 Å². The fourth-order valence-corrected chi connectivity index (χ4v) is 3.01. The molecule has 2 rings (SSSR count). The number of amides is 1. The Morgan fingerprint density at radius 2 is 2.50 bits per heavy atom. The van der Waals surface area contributed by atoms with Crippen LogP contribution >= 0.6 is 11.3 Å². The van der Waals surface area contributed by atoms with E-state index in [-0.39, 0.29) is 11.4 Å². The lowest BCUT2D eigenvalue weighted by molar-refractivity contribution is -0.123. The van der Waals surface area contributed by atoms with Gasteiger partial charge < -0.3 is 10.6 Å². The van der Waals surface area contributed by atoms with Crippen LogP contribution in [-0.4, -0.2) is 24.0 Å². The molecule has 1 unspecified atom stereocenters. The van der Waals surface area contributed by atoms with Crippen molar-refractivity contribution in [3.63, 3.8) is 0 Å². The van der Waals surface area contributed by atoms with Crippen LogP contribution in [0.15, 0.2) is 11.6 Å². The Kier molecular flexibility index (Phi) is 4.35. The molecule has 1 aliphatic rings. The molecule has 1 fully saturated rings. The molecule has 4 nitrogen and oxygen atoms in total. The Morgan fingerprint density at radius 3 is 3.11 bits per heavy atom. The van der Waals surface area contributed by atoms with Crippen molar-refractivity contribution < 1.29 is 4.79 Å². The molecule has 0 radical (unpaired) electrons. The number of hydrogen-bond donors (Lipinski definition) is 2. The van der Waals surface area contributed by atoms with E-state index in [0.29, 0.717) is 12.3 Å². The summed E-state index contributed by atoms with van der Waals surface area (Å²) in [6.45, 7) is 6.15. The maximum atomic E-state index is 12.0. The molecular formula is C13H21N3OS. The molecule has 0 aliphatic carbocycles. The molecule has 0 saturated carbocycles. The summed E-state index contributed by atoms with van der Waals surface area (Å²) in [6, 6.07) is 0. The summed E-state index contributed by atoms with van der Waals surface area (Å²) >= 11 is 1.58. The summed E-state index contributed by atoms with van der Waals surface area (Å²) in [5.74, 6) is 0.792. The number of carbonyl (C=O) groups excluding carboxylic acids is 1. The Labute approximate surface area is 112 Å². The minimum absolute atomic E-state index is 0.127. The van der Waals surface area contributed by atoms with Gasteiger partial charge in [-0.3, -0.25) is 4.79 Å². The lowest BCUT2D eigenvalue weighted by Crippen LogP contribution is -2.41. The van der Waals surface area contributed by atoms with E-state index in [2.05, 4.69) is 15.6 Å². The van der Waals surface area contributed by atoms with Crippen LogP contribution in [0, 0.1) is 5.92 Å². The smallest absolute Gasteiger partial charge is 0.220 e. The van der Waals surface area contributed by atoms with Crippen LogP contribution in [0.4, 0.5) is 0 Å². The Bertz CT molecular complexity index is 383. The first-order valence-corrected chi connectivity index (χ1v) is 7.37. The van der Waals surface area contributed by atoms with Crippen LogP contribution < -0.4 is 10.6 Å². The highest BCUT2D eigenvalue weighted by molar-refractivity contribution is 7.09. The summed E-state index contributed by atoms with van der Waals surface area (Å²) < 4.78 is 0. The van der Waals surface area contributed by atoms with E-state index >= 15 is 0 Å². The molecule has 0 bridgehead atoms. The lowest BCUT2D eigenvalue weighted by Gasteiger charge is -2.24. The van der Waals surface area contributed by atoms with Crippen LogP contribution in [-0.2, 0) is 10.3 Å². The summed E-state index contributed by atoms with van der Waals surface area (Å²) in [5.41, 5.74) is -0.362. The molecule has 5 heteroatoms. The number of nitrogens with one attached hydrogen (secondary N) is 2. The summed E-state index contributed by atoms with van der Waals surface area (Å²) in [5, 5.41) is 9.29. The van der Waals surface area contributed by atoms with Crippen molar-refractivity contribution in [1.82, 2.24) is 15.6 Å². The highest BCUT2D eigenvalue weighted by Crippen LogP contribution is 2.22. The molecular weight excluding hydrogens is 246 g/mol. The van der Waals surface area contributed by atoms with Crippen LogP contribution in [0.3, 0.4) is 0 Å². The first-order valence-electron chi connectivity index (χ1n) is 6.49. The van der Waals surface area contributed by atoms with Gasteiger partial charge in [0.1, 0.15) is 5.01 Å². The van der Waals surface area contributed by atoms with Crippen LogP contribution in [0.2, 0.25) is 0 Å². The lowest BCUT2D eigenvalue weighted by atomic mass is 10.0.